The minimum atomic E-state index is -1.10. The zero-order valence-corrected chi connectivity index (χ0v) is 18.8. The number of alkyl halides is 1. The molecule has 0 spiro atoms. The second-order valence-electron chi connectivity index (χ2n) is 8.17. The molecule has 1 fully saturated rings. The van der Waals surface area contributed by atoms with E-state index in [1.807, 2.05) is 0 Å². The van der Waals surface area contributed by atoms with E-state index in [4.69, 9.17) is 11.6 Å². The molecule has 2 unspecified atom stereocenters. The van der Waals surface area contributed by atoms with Gasteiger partial charge in [-0.3, -0.25) is 9.89 Å². The van der Waals surface area contributed by atoms with Crippen LogP contribution in [0.2, 0.25) is 5.02 Å². The summed E-state index contributed by atoms with van der Waals surface area (Å²) in [5, 5.41) is 22.1. The molecule has 4 heterocycles. The highest BCUT2D eigenvalue weighted by atomic mass is 35.5. The predicted octanol–water partition coefficient (Wildman–Crippen LogP) is 3.92. The van der Waals surface area contributed by atoms with Gasteiger partial charge in [0.05, 0.1) is 40.6 Å². The van der Waals surface area contributed by atoms with Crippen LogP contribution in [0.3, 0.4) is 0 Å². The average molecular weight is 496 g/mol. The van der Waals surface area contributed by atoms with Crippen molar-refractivity contribution in [3.8, 4) is 11.1 Å². The first kappa shape index (κ1) is 21.4. The summed E-state index contributed by atoms with van der Waals surface area (Å²) < 4.78 is 30.4. The molecular formula is C22H16ClF2N9O. The van der Waals surface area contributed by atoms with Crippen LogP contribution in [0.4, 0.5) is 26.2 Å². The molecular weight excluding hydrogens is 480 g/mol. The maximum atomic E-state index is 15.7. The van der Waals surface area contributed by atoms with Crippen molar-refractivity contribution >= 4 is 51.4 Å². The van der Waals surface area contributed by atoms with Gasteiger partial charge < -0.3 is 10.2 Å². The molecule has 0 bridgehead atoms. The minimum Gasteiger partial charge on any atom is -0.309 e. The normalized spacial score (nSPS) is 17.1. The van der Waals surface area contributed by atoms with E-state index in [9.17, 15) is 9.18 Å². The number of carbonyl (C=O) groups excluding carboxylic acids is 1. The summed E-state index contributed by atoms with van der Waals surface area (Å²) in [4.78, 5) is 17.6. The number of anilines is 3. The fourth-order valence-corrected chi connectivity index (χ4v) is 4.36. The standard InChI is InChI=1S/C22H16ClF2N9O/c1-33(22-26-3-4-27-31-22)20-18(25)17(23)16(13-9-28-30-19(13)20)10-2-5-34-11(6-10)7-15(32-34)29-21(35)12-8-14(12)24/h2-7,9,12,14H,8H2,1H3,(H,28,30)(H,29,32,35). The average Bonchev–Trinajstić information content (AvgIpc) is 3.22. The third kappa shape index (κ3) is 3.53. The Kier molecular flexibility index (Phi) is 4.85. The Labute approximate surface area is 200 Å². The maximum absolute atomic E-state index is 15.7. The van der Waals surface area contributed by atoms with Gasteiger partial charge in [-0.15, -0.1) is 5.10 Å². The number of amides is 1. The summed E-state index contributed by atoms with van der Waals surface area (Å²) in [7, 11) is 1.60. The molecule has 4 aromatic heterocycles. The second-order valence-corrected chi connectivity index (χ2v) is 8.55. The van der Waals surface area contributed by atoms with E-state index in [-0.39, 0.29) is 23.1 Å². The van der Waals surface area contributed by atoms with E-state index in [1.54, 1.807) is 42.2 Å². The number of fused-ring (bicyclic) bond motifs is 2. The summed E-state index contributed by atoms with van der Waals surface area (Å²) in [6, 6.07) is 5.14. The van der Waals surface area contributed by atoms with Crippen molar-refractivity contribution in [2.45, 2.75) is 12.6 Å². The van der Waals surface area contributed by atoms with Crippen molar-refractivity contribution in [1.29, 1.82) is 0 Å². The van der Waals surface area contributed by atoms with Gasteiger partial charge in [-0.1, -0.05) is 11.6 Å². The van der Waals surface area contributed by atoms with E-state index in [2.05, 4.69) is 35.8 Å². The van der Waals surface area contributed by atoms with Crippen LogP contribution in [0.5, 0.6) is 0 Å². The van der Waals surface area contributed by atoms with E-state index in [0.717, 1.165) is 0 Å². The molecule has 2 atom stereocenters. The Morgan fingerprint density at radius 2 is 2.17 bits per heavy atom. The molecule has 1 amide bonds. The monoisotopic (exact) mass is 495 g/mol. The van der Waals surface area contributed by atoms with Crippen molar-refractivity contribution in [2.75, 3.05) is 17.3 Å². The fraction of sp³-hybridized carbons (Fsp3) is 0.182. The van der Waals surface area contributed by atoms with Gasteiger partial charge in [-0.05, 0) is 24.1 Å². The number of nitrogens with zero attached hydrogens (tertiary/aromatic N) is 7. The molecule has 0 saturated heterocycles. The Hall–Kier alpha value is -4.19. The highest BCUT2D eigenvalue weighted by Gasteiger charge is 2.43. The number of rotatable bonds is 5. The molecule has 13 heteroatoms. The van der Waals surface area contributed by atoms with Crippen LogP contribution >= 0.6 is 11.6 Å². The number of pyridine rings is 1. The summed E-state index contributed by atoms with van der Waals surface area (Å²) >= 11 is 6.57. The molecule has 176 valence electrons. The summed E-state index contributed by atoms with van der Waals surface area (Å²) in [5.74, 6) is -1.22. The Balaban J connectivity index is 1.43. The molecule has 2 N–H and O–H groups in total. The van der Waals surface area contributed by atoms with Crippen LogP contribution in [-0.4, -0.2) is 54.1 Å². The van der Waals surface area contributed by atoms with Crippen LogP contribution in [0.25, 0.3) is 27.5 Å². The van der Waals surface area contributed by atoms with Crippen molar-refractivity contribution in [2.24, 2.45) is 5.92 Å². The Morgan fingerprint density at radius 3 is 2.91 bits per heavy atom. The third-order valence-electron chi connectivity index (χ3n) is 5.92. The van der Waals surface area contributed by atoms with Crippen LogP contribution in [0.15, 0.2) is 43.0 Å². The van der Waals surface area contributed by atoms with E-state index >= 15 is 4.39 Å². The van der Waals surface area contributed by atoms with Gasteiger partial charge in [0.2, 0.25) is 11.9 Å². The van der Waals surface area contributed by atoms with Crippen LogP contribution in [-0.2, 0) is 4.79 Å². The Morgan fingerprint density at radius 1 is 1.34 bits per heavy atom. The second kappa shape index (κ2) is 7.94. The molecule has 5 aromatic rings. The highest BCUT2D eigenvalue weighted by Crippen LogP contribution is 2.43. The molecule has 6 rings (SSSR count). The lowest BCUT2D eigenvalue weighted by molar-refractivity contribution is -0.117. The number of aromatic nitrogens is 7. The zero-order chi connectivity index (χ0) is 24.3. The molecule has 35 heavy (non-hydrogen) atoms. The SMILES string of the molecule is CN(c1nccnn1)c1c(F)c(Cl)c(-c2ccn3nc(NC(=O)C4CC4F)cc3c2)c2cn[nH]c12. The van der Waals surface area contributed by atoms with Gasteiger partial charge in [0.1, 0.15) is 11.9 Å². The molecule has 1 aliphatic carbocycles. The molecule has 1 aliphatic rings. The van der Waals surface area contributed by atoms with Crippen molar-refractivity contribution in [3.05, 3.63) is 53.8 Å². The van der Waals surface area contributed by atoms with Gasteiger partial charge in [-0.2, -0.15) is 15.3 Å². The maximum Gasteiger partial charge on any atom is 0.249 e. The first-order valence-electron chi connectivity index (χ1n) is 10.6. The number of H-pyrrole nitrogens is 1. The molecule has 0 radical (unpaired) electrons. The van der Waals surface area contributed by atoms with Crippen molar-refractivity contribution in [1.82, 2.24) is 35.0 Å². The number of halogens is 3. The van der Waals surface area contributed by atoms with Crippen LogP contribution in [0.1, 0.15) is 6.42 Å². The summed E-state index contributed by atoms with van der Waals surface area (Å²) in [6.07, 6.45) is 5.23. The molecule has 0 aliphatic heterocycles. The zero-order valence-electron chi connectivity index (χ0n) is 18.1. The lowest BCUT2D eigenvalue weighted by Gasteiger charge is -2.20. The predicted molar refractivity (Wildman–Crippen MR) is 125 cm³/mol. The van der Waals surface area contributed by atoms with E-state index in [0.29, 0.717) is 33.4 Å². The highest BCUT2D eigenvalue weighted by molar-refractivity contribution is 6.36. The fourth-order valence-electron chi connectivity index (χ4n) is 4.05. The molecule has 10 nitrogen and oxygen atoms in total. The van der Waals surface area contributed by atoms with Crippen LogP contribution in [0, 0.1) is 11.7 Å². The van der Waals surface area contributed by atoms with E-state index < -0.39 is 23.8 Å². The van der Waals surface area contributed by atoms with Gasteiger partial charge in [0.15, 0.2) is 11.6 Å². The van der Waals surface area contributed by atoms with Gasteiger partial charge in [0.25, 0.3) is 0 Å². The Bertz CT molecular complexity index is 1600. The van der Waals surface area contributed by atoms with Gasteiger partial charge in [0, 0.05) is 30.3 Å². The first-order valence-corrected chi connectivity index (χ1v) is 11.0. The third-order valence-corrected chi connectivity index (χ3v) is 6.28. The number of aromatic amines is 1. The number of hydrogen-bond donors (Lipinski definition) is 2. The molecule has 1 saturated carbocycles. The van der Waals surface area contributed by atoms with Crippen molar-refractivity contribution in [3.63, 3.8) is 0 Å². The number of carbonyl (C=O) groups is 1. The van der Waals surface area contributed by atoms with Gasteiger partial charge >= 0.3 is 0 Å². The minimum absolute atomic E-state index is 0.107. The lowest BCUT2D eigenvalue weighted by atomic mass is 10.0. The van der Waals surface area contributed by atoms with Gasteiger partial charge in [-0.25, -0.2) is 18.3 Å². The summed E-state index contributed by atoms with van der Waals surface area (Å²) in [6.45, 7) is 0. The van der Waals surface area contributed by atoms with Crippen LogP contribution < -0.4 is 10.2 Å². The lowest BCUT2D eigenvalue weighted by Crippen LogP contribution is -2.16. The quantitative estimate of drug-likeness (QED) is 0.379. The topological polar surface area (TPSA) is 117 Å². The molecule has 1 aromatic carbocycles. The smallest absolute Gasteiger partial charge is 0.249 e. The van der Waals surface area contributed by atoms with E-state index in [1.165, 1.54) is 17.3 Å². The number of benzene rings is 1. The number of nitrogens with one attached hydrogen (secondary N) is 2. The number of hydrogen-bond acceptors (Lipinski definition) is 7. The first-order chi connectivity index (χ1) is 16.9. The largest absolute Gasteiger partial charge is 0.309 e. The summed E-state index contributed by atoms with van der Waals surface area (Å²) in [5.41, 5.74) is 2.21. The van der Waals surface area contributed by atoms with Crippen molar-refractivity contribution < 1.29 is 13.6 Å².